The molecule has 0 bridgehead atoms. The molecule has 0 spiro atoms. The van der Waals surface area contributed by atoms with Crippen molar-refractivity contribution >= 4 is 40.0 Å². The van der Waals surface area contributed by atoms with Crippen molar-refractivity contribution in [3.05, 3.63) is 45.9 Å². The van der Waals surface area contributed by atoms with Gasteiger partial charge in [0.05, 0.1) is 0 Å². The van der Waals surface area contributed by atoms with Gasteiger partial charge in [-0.05, 0) is 34.5 Å². The molecular formula is C13H10BBrNO. The van der Waals surface area contributed by atoms with E-state index in [1.54, 1.807) is 4.81 Å². The first-order valence-corrected chi connectivity index (χ1v) is 6.31. The molecular weight excluding hydrogens is 277 g/mol. The molecule has 4 heteroatoms. The molecule has 2 aromatic carbocycles. The third-order valence-corrected chi connectivity index (χ3v) is 3.72. The Hall–Kier alpha value is -1.29. The molecule has 0 saturated heterocycles. The lowest BCUT2D eigenvalue weighted by Gasteiger charge is -2.10. The molecule has 2 aromatic rings. The highest BCUT2D eigenvalue weighted by molar-refractivity contribution is 9.10. The number of carbonyl (C=O) groups is 1. The molecule has 0 aliphatic carbocycles. The van der Waals surface area contributed by atoms with E-state index in [1.165, 1.54) is 5.39 Å². The lowest BCUT2D eigenvalue weighted by Crippen LogP contribution is -2.25. The number of rotatable bonds is 1. The maximum Gasteiger partial charge on any atom is 0.247 e. The Kier molecular flexibility index (Phi) is 2.47. The predicted molar refractivity (Wildman–Crippen MR) is 73.1 cm³/mol. The first-order valence-electron chi connectivity index (χ1n) is 5.52. The number of benzene rings is 2. The van der Waals surface area contributed by atoms with Gasteiger partial charge in [0.15, 0.2) is 0 Å². The number of fused-ring (bicyclic) bond motifs is 3. The summed E-state index contributed by atoms with van der Waals surface area (Å²) in [5.74, 6) is 0.101. The molecule has 0 saturated carbocycles. The Morgan fingerprint density at radius 2 is 2.06 bits per heavy atom. The van der Waals surface area contributed by atoms with E-state index < -0.39 is 0 Å². The third kappa shape index (κ3) is 1.59. The number of amides is 1. The van der Waals surface area contributed by atoms with Crippen molar-refractivity contribution in [2.45, 2.75) is 13.4 Å². The number of hydrogen-bond donors (Lipinski definition) is 0. The van der Waals surface area contributed by atoms with Crippen LogP contribution in [0.25, 0.3) is 10.8 Å². The van der Waals surface area contributed by atoms with Gasteiger partial charge in [-0.15, -0.1) is 0 Å². The van der Waals surface area contributed by atoms with Gasteiger partial charge in [0.1, 0.15) is 0 Å². The van der Waals surface area contributed by atoms with E-state index in [2.05, 4.69) is 28.1 Å². The number of nitrogens with zero attached hydrogens (tertiary/aromatic N) is 1. The van der Waals surface area contributed by atoms with E-state index >= 15 is 0 Å². The van der Waals surface area contributed by atoms with Gasteiger partial charge in [-0.25, -0.2) is 0 Å². The van der Waals surface area contributed by atoms with Gasteiger partial charge in [0.2, 0.25) is 13.3 Å². The molecule has 1 amide bonds. The van der Waals surface area contributed by atoms with Crippen LogP contribution >= 0.6 is 15.9 Å². The highest BCUT2D eigenvalue weighted by Crippen LogP contribution is 2.31. The second-order valence-electron chi connectivity index (χ2n) is 4.15. The van der Waals surface area contributed by atoms with Gasteiger partial charge >= 0.3 is 0 Å². The molecule has 0 fully saturated rings. The van der Waals surface area contributed by atoms with Crippen LogP contribution in [0.1, 0.15) is 15.9 Å². The summed E-state index contributed by atoms with van der Waals surface area (Å²) in [6.07, 6.45) is 0. The summed E-state index contributed by atoms with van der Waals surface area (Å²) in [5.41, 5.74) is 1.96. The Bertz CT molecular complexity index is 626. The van der Waals surface area contributed by atoms with E-state index in [9.17, 15) is 4.79 Å². The molecule has 0 atom stereocenters. The van der Waals surface area contributed by atoms with Crippen LogP contribution in [0.15, 0.2) is 34.8 Å². The average Bonchev–Trinajstić information content (AvgIpc) is 2.66. The molecule has 0 unspecified atom stereocenters. The van der Waals surface area contributed by atoms with Crippen molar-refractivity contribution in [1.82, 2.24) is 4.81 Å². The Balaban J connectivity index is 2.28. The van der Waals surface area contributed by atoms with Gasteiger partial charge in [0, 0.05) is 16.6 Å². The van der Waals surface area contributed by atoms with Crippen molar-refractivity contribution in [1.29, 1.82) is 0 Å². The maximum atomic E-state index is 12.0. The zero-order valence-corrected chi connectivity index (χ0v) is 11.0. The molecule has 0 aromatic heterocycles. The molecule has 0 N–H and O–H groups in total. The topological polar surface area (TPSA) is 20.3 Å². The van der Waals surface area contributed by atoms with E-state index in [1.807, 2.05) is 32.4 Å². The van der Waals surface area contributed by atoms with Crippen LogP contribution in [0.2, 0.25) is 6.82 Å². The summed E-state index contributed by atoms with van der Waals surface area (Å²) in [4.78, 5) is 13.8. The zero-order chi connectivity index (χ0) is 12.0. The van der Waals surface area contributed by atoms with E-state index in [0.29, 0.717) is 6.54 Å². The molecule has 2 nitrogen and oxygen atoms in total. The smallest absolute Gasteiger partial charge is 0.247 e. The van der Waals surface area contributed by atoms with Gasteiger partial charge in [-0.3, -0.25) is 4.79 Å². The first-order chi connectivity index (χ1) is 8.20. The second-order valence-corrected chi connectivity index (χ2v) is 5.06. The average molecular weight is 287 g/mol. The molecule has 1 radical (unpaired) electrons. The number of halogens is 1. The fourth-order valence-corrected chi connectivity index (χ4v) is 2.69. The first kappa shape index (κ1) is 10.8. The summed E-state index contributed by atoms with van der Waals surface area (Å²) >= 11 is 3.48. The minimum Gasteiger partial charge on any atom is -0.383 e. The summed E-state index contributed by atoms with van der Waals surface area (Å²) < 4.78 is 1.05. The fraction of sp³-hybridized carbons (Fsp3) is 0.154. The monoisotopic (exact) mass is 286 g/mol. The Morgan fingerprint density at radius 3 is 2.82 bits per heavy atom. The predicted octanol–water partition coefficient (Wildman–Crippen LogP) is 3.23. The van der Waals surface area contributed by atoms with Gasteiger partial charge in [-0.1, -0.05) is 34.9 Å². The minimum atomic E-state index is 0.101. The quantitative estimate of drug-likeness (QED) is 0.737. The zero-order valence-electron chi connectivity index (χ0n) is 9.40. The van der Waals surface area contributed by atoms with Crippen LogP contribution in [0, 0.1) is 0 Å². The van der Waals surface area contributed by atoms with Crippen molar-refractivity contribution in [3.63, 3.8) is 0 Å². The Labute approximate surface area is 109 Å². The molecule has 1 aliphatic heterocycles. The summed E-state index contributed by atoms with van der Waals surface area (Å²) in [5, 5.41) is 2.34. The summed E-state index contributed by atoms with van der Waals surface area (Å²) in [7, 11) is 1.84. The normalized spacial score (nSPS) is 14.2. The highest BCUT2D eigenvalue weighted by Gasteiger charge is 2.27. The van der Waals surface area contributed by atoms with Crippen molar-refractivity contribution < 1.29 is 4.79 Å². The second kappa shape index (κ2) is 3.88. The van der Waals surface area contributed by atoms with Crippen molar-refractivity contribution in [2.75, 3.05) is 0 Å². The number of carbonyl (C=O) groups excluding carboxylic acids is 1. The van der Waals surface area contributed by atoms with E-state index in [0.717, 1.165) is 21.0 Å². The van der Waals surface area contributed by atoms with E-state index in [4.69, 9.17) is 0 Å². The van der Waals surface area contributed by atoms with Crippen LogP contribution in [0.5, 0.6) is 0 Å². The molecule has 1 heterocycles. The standard InChI is InChI=1S/C13H10BBrNO/c1-14-16-7-12-10(13(16)17)5-3-8-2-4-9(15)6-11(8)12/h2-6H,7H2,1H3. The van der Waals surface area contributed by atoms with Gasteiger partial charge in [0.25, 0.3) is 0 Å². The maximum absolute atomic E-state index is 12.0. The van der Waals surface area contributed by atoms with Crippen LogP contribution in [0.4, 0.5) is 0 Å². The summed E-state index contributed by atoms with van der Waals surface area (Å²) in [6, 6.07) is 10.1. The SMILES string of the molecule is C[B]N1Cc2c(ccc3ccc(Br)cc23)C1=O. The Morgan fingerprint density at radius 1 is 1.29 bits per heavy atom. The van der Waals surface area contributed by atoms with Crippen molar-refractivity contribution in [3.8, 4) is 0 Å². The largest absolute Gasteiger partial charge is 0.383 e. The highest BCUT2D eigenvalue weighted by atomic mass is 79.9. The summed E-state index contributed by atoms with van der Waals surface area (Å²) in [6.45, 7) is 2.57. The lowest BCUT2D eigenvalue weighted by atomic mass is 9.96. The van der Waals surface area contributed by atoms with Crippen molar-refractivity contribution in [2.24, 2.45) is 0 Å². The number of hydrogen-bond acceptors (Lipinski definition) is 1. The van der Waals surface area contributed by atoms with Crippen LogP contribution in [0.3, 0.4) is 0 Å². The van der Waals surface area contributed by atoms with Gasteiger partial charge < -0.3 is 4.81 Å². The lowest BCUT2D eigenvalue weighted by molar-refractivity contribution is 0.0877. The molecule has 1 aliphatic rings. The molecule has 17 heavy (non-hydrogen) atoms. The van der Waals surface area contributed by atoms with Gasteiger partial charge in [-0.2, -0.15) is 0 Å². The van der Waals surface area contributed by atoms with E-state index in [-0.39, 0.29) is 5.91 Å². The fourth-order valence-electron chi connectivity index (χ4n) is 2.33. The minimum absolute atomic E-state index is 0.101. The van der Waals surface area contributed by atoms with Crippen LogP contribution in [-0.2, 0) is 6.54 Å². The van der Waals surface area contributed by atoms with Crippen LogP contribution in [-0.4, -0.2) is 18.1 Å². The molecule has 83 valence electrons. The third-order valence-electron chi connectivity index (χ3n) is 3.23. The van der Waals surface area contributed by atoms with Crippen LogP contribution < -0.4 is 0 Å². The molecule has 3 rings (SSSR count).